The molecule has 1 saturated heterocycles. The number of H-pyrrole nitrogens is 1. The molecular weight excluding hydrogens is 444 g/mol. The highest BCUT2D eigenvalue weighted by Gasteiger charge is 2.22. The lowest BCUT2D eigenvalue weighted by atomic mass is 10.2. The summed E-state index contributed by atoms with van der Waals surface area (Å²) in [6.45, 7) is 3.12. The fraction of sp³-hybridized carbons (Fsp3) is 0.350. The highest BCUT2D eigenvalue weighted by Crippen LogP contribution is 2.25. The van der Waals surface area contributed by atoms with Crippen molar-refractivity contribution in [2.75, 3.05) is 25.4 Å². The molecule has 1 N–H and O–H groups in total. The molecule has 6 nitrogen and oxygen atoms in total. The minimum atomic E-state index is -0.454. The van der Waals surface area contributed by atoms with Crippen LogP contribution in [0.25, 0.3) is 0 Å². The van der Waals surface area contributed by atoms with Crippen LogP contribution in [-0.4, -0.2) is 53.0 Å². The number of carbonyl (C=O) groups excluding carboxylic acids is 3. The number of ketones is 1. The van der Waals surface area contributed by atoms with E-state index < -0.39 is 5.97 Å². The Kier molecular flexibility index (Phi) is 6.96. The Hall–Kier alpha value is -2.06. The summed E-state index contributed by atoms with van der Waals surface area (Å²) in [7, 11) is 0. The van der Waals surface area contributed by atoms with E-state index in [4.69, 9.17) is 4.74 Å². The minimum absolute atomic E-state index is 0.102. The minimum Gasteiger partial charge on any atom is -0.457 e. The fourth-order valence-corrected chi connectivity index (χ4v) is 4.23. The summed E-state index contributed by atoms with van der Waals surface area (Å²) < 4.78 is 6.07. The zero-order valence-electron chi connectivity index (χ0n) is 15.5. The molecule has 148 valence electrons. The van der Waals surface area contributed by atoms with Crippen molar-refractivity contribution in [2.24, 2.45) is 0 Å². The predicted octanol–water partition coefficient (Wildman–Crippen LogP) is 3.84. The van der Waals surface area contributed by atoms with Crippen molar-refractivity contribution in [2.45, 2.75) is 24.7 Å². The number of esters is 1. The van der Waals surface area contributed by atoms with Crippen LogP contribution in [0.1, 0.15) is 39.3 Å². The lowest BCUT2D eigenvalue weighted by molar-refractivity contribution is -0.139. The maximum absolute atomic E-state index is 12.3. The number of nitrogens with zero attached hydrogens (tertiary/aromatic N) is 1. The van der Waals surface area contributed by atoms with E-state index in [1.165, 1.54) is 24.0 Å². The Morgan fingerprint density at radius 1 is 1.21 bits per heavy atom. The summed E-state index contributed by atoms with van der Waals surface area (Å²) in [4.78, 5) is 42.1. The van der Waals surface area contributed by atoms with Gasteiger partial charge in [-0.25, -0.2) is 0 Å². The number of likely N-dealkylation sites (tertiary alicyclic amines) is 1. The number of amides is 1. The van der Waals surface area contributed by atoms with Crippen LogP contribution in [0.15, 0.2) is 39.8 Å². The number of ether oxygens (including phenoxy) is 1. The first kappa shape index (κ1) is 20.7. The molecule has 0 spiro atoms. The van der Waals surface area contributed by atoms with Gasteiger partial charge in [-0.3, -0.25) is 14.4 Å². The number of aromatic amines is 1. The van der Waals surface area contributed by atoms with Crippen molar-refractivity contribution in [3.8, 4) is 0 Å². The molecule has 2 aromatic rings. The molecule has 0 radical (unpaired) electrons. The van der Waals surface area contributed by atoms with Gasteiger partial charge in [-0.15, -0.1) is 11.8 Å². The second kappa shape index (κ2) is 9.43. The lowest BCUT2D eigenvalue weighted by Crippen LogP contribution is -2.27. The van der Waals surface area contributed by atoms with Crippen molar-refractivity contribution in [1.82, 2.24) is 9.88 Å². The first-order valence-electron chi connectivity index (χ1n) is 8.99. The average Bonchev–Trinajstić information content (AvgIpc) is 3.36. The van der Waals surface area contributed by atoms with Gasteiger partial charge in [0, 0.05) is 34.2 Å². The molecule has 1 aromatic carbocycles. The molecule has 28 heavy (non-hydrogen) atoms. The van der Waals surface area contributed by atoms with Gasteiger partial charge in [0.2, 0.25) is 5.78 Å². The van der Waals surface area contributed by atoms with Crippen LogP contribution >= 0.6 is 27.7 Å². The largest absolute Gasteiger partial charge is 0.457 e. The van der Waals surface area contributed by atoms with Gasteiger partial charge in [0.1, 0.15) is 5.69 Å². The Labute approximate surface area is 176 Å². The van der Waals surface area contributed by atoms with Crippen LogP contribution in [0, 0.1) is 6.92 Å². The smallest absolute Gasteiger partial charge is 0.316 e. The number of halogens is 1. The molecule has 8 heteroatoms. The molecule has 1 fully saturated rings. The van der Waals surface area contributed by atoms with Gasteiger partial charge in [0.25, 0.3) is 5.91 Å². The molecule has 0 atom stereocenters. The highest BCUT2D eigenvalue weighted by molar-refractivity contribution is 9.10. The summed E-state index contributed by atoms with van der Waals surface area (Å²) in [5.41, 5.74) is 1.79. The summed E-state index contributed by atoms with van der Waals surface area (Å²) in [5, 5.41) is 0. The molecular formula is C20H21BrN2O4S. The van der Waals surface area contributed by atoms with E-state index in [1.54, 1.807) is 4.90 Å². The number of hydrogen-bond donors (Lipinski definition) is 1. The van der Waals surface area contributed by atoms with Gasteiger partial charge < -0.3 is 14.6 Å². The number of carbonyl (C=O) groups is 3. The van der Waals surface area contributed by atoms with Crippen LogP contribution in [0.4, 0.5) is 0 Å². The third-order valence-corrected chi connectivity index (χ3v) is 6.12. The number of aryl methyl sites for hydroxylation is 1. The van der Waals surface area contributed by atoms with Crippen LogP contribution in [-0.2, 0) is 9.53 Å². The number of hydrogen-bond acceptors (Lipinski definition) is 5. The third kappa shape index (κ3) is 5.26. The second-order valence-electron chi connectivity index (χ2n) is 6.58. The van der Waals surface area contributed by atoms with Gasteiger partial charge >= 0.3 is 5.97 Å². The van der Waals surface area contributed by atoms with Crippen LogP contribution < -0.4 is 0 Å². The SMILES string of the molecule is Cc1cc(Br)ccc1SCC(=O)OCC(=O)c1c[nH]c(C(=O)N2CCCC2)c1. The molecule has 2 heterocycles. The first-order chi connectivity index (χ1) is 13.4. The van der Waals surface area contributed by atoms with Gasteiger partial charge in [0.15, 0.2) is 6.61 Å². The van der Waals surface area contributed by atoms with E-state index in [1.807, 2.05) is 25.1 Å². The molecule has 1 aliphatic heterocycles. The monoisotopic (exact) mass is 464 g/mol. The second-order valence-corrected chi connectivity index (χ2v) is 8.52. The molecule has 0 saturated carbocycles. The normalized spacial score (nSPS) is 13.6. The Morgan fingerprint density at radius 3 is 2.68 bits per heavy atom. The molecule has 0 aliphatic carbocycles. The first-order valence-corrected chi connectivity index (χ1v) is 10.8. The van der Waals surface area contributed by atoms with Gasteiger partial charge in [0.05, 0.1) is 5.75 Å². The van der Waals surface area contributed by atoms with Crippen molar-refractivity contribution in [3.63, 3.8) is 0 Å². The number of aromatic nitrogens is 1. The van der Waals surface area contributed by atoms with E-state index in [0.29, 0.717) is 11.3 Å². The maximum atomic E-state index is 12.3. The third-order valence-electron chi connectivity index (χ3n) is 4.48. The fourth-order valence-electron chi connectivity index (χ4n) is 2.95. The van der Waals surface area contributed by atoms with E-state index in [2.05, 4.69) is 20.9 Å². The molecule has 3 rings (SSSR count). The standard InChI is InChI=1S/C20H21BrN2O4S/c1-13-8-15(21)4-5-18(13)28-12-19(25)27-11-17(24)14-9-16(22-10-14)20(26)23-6-2-3-7-23/h4-5,8-10,22H,2-3,6-7,11-12H2,1H3. The Bertz CT molecular complexity index is 890. The number of thioether (sulfide) groups is 1. The summed E-state index contributed by atoms with van der Waals surface area (Å²) in [6, 6.07) is 7.35. The van der Waals surface area contributed by atoms with Crippen molar-refractivity contribution in [1.29, 1.82) is 0 Å². The number of rotatable bonds is 7. The Morgan fingerprint density at radius 2 is 1.96 bits per heavy atom. The summed E-state index contributed by atoms with van der Waals surface area (Å²) in [6.07, 6.45) is 3.50. The molecule has 1 aromatic heterocycles. The van der Waals surface area contributed by atoms with Crippen molar-refractivity contribution < 1.29 is 19.1 Å². The number of nitrogens with one attached hydrogen (secondary N) is 1. The van der Waals surface area contributed by atoms with Gasteiger partial charge in [-0.1, -0.05) is 15.9 Å². The van der Waals surface area contributed by atoms with Crippen molar-refractivity contribution in [3.05, 3.63) is 51.8 Å². The van der Waals surface area contributed by atoms with E-state index >= 15 is 0 Å². The van der Waals surface area contributed by atoms with Crippen LogP contribution in [0.2, 0.25) is 0 Å². The average molecular weight is 465 g/mol. The molecule has 0 bridgehead atoms. The topological polar surface area (TPSA) is 79.5 Å². The zero-order valence-corrected chi connectivity index (χ0v) is 17.9. The zero-order chi connectivity index (χ0) is 20.1. The van der Waals surface area contributed by atoms with E-state index in [9.17, 15) is 14.4 Å². The molecule has 1 aliphatic rings. The lowest BCUT2D eigenvalue weighted by Gasteiger charge is -2.13. The van der Waals surface area contributed by atoms with Gasteiger partial charge in [-0.05, 0) is 49.6 Å². The Balaban J connectivity index is 1.47. The highest BCUT2D eigenvalue weighted by atomic mass is 79.9. The van der Waals surface area contributed by atoms with E-state index in [0.717, 1.165) is 40.9 Å². The maximum Gasteiger partial charge on any atom is 0.316 e. The van der Waals surface area contributed by atoms with E-state index in [-0.39, 0.29) is 24.1 Å². The molecule has 0 unspecified atom stereocenters. The number of benzene rings is 1. The molecule has 1 amide bonds. The summed E-state index contributed by atoms with van der Waals surface area (Å²) >= 11 is 4.77. The van der Waals surface area contributed by atoms with Gasteiger partial charge in [-0.2, -0.15) is 0 Å². The summed E-state index contributed by atoms with van der Waals surface area (Å²) in [5.74, 6) is -0.768. The number of Topliss-reactive ketones (excluding diaryl/α,β-unsaturated/α-hetero) is 1. The van der Waals surface area contributed by atoms with Crippen LogP contribution in [0.3, 0.4) is 0 Å². The van der Waals surface area contributed by atoms with Crippen molar-refractivity contribution >= 4 is 45.4 Å². The predicted molar refractivity (Wildman–Crippen MR) is 111 cm³/mol. The van der Waals surface area contributed by atoms with Crippen LogP contribution in [0.5, 0.6) is 0 Å². The quantitative estimate of drug-likeness (QED) is 0.382.